The van der Waals surface area contributed by atoms with Gasteiger partial charge in [0.2, 0.25) is 0 Å². The van der Waals surface area contributed by atoms with Gasteiger partial charge in [-0.2, -0.15) is 0 Å². The minimum Gasteiger partial charge on any atom is -0.489 e. The number of carboxylic acids is 1. The van der Waals surface area contributed by atoms with Gasteiger partial charge in [0.1, 0.15) is 18.1 Å². The zero-order valence-electron chi connectivity index (χ0n) is 24.1. The van der Waals surface area contributed by atoms with E-state index in [1.165, 1.54) is 28.2 Å². The second-order valence-electron chi connectivity index (χ2n) is 10.4. The predicted molar refractivity (Wildman–Crippen MR) is 170 cm³/mol. The van der Waals surface area contributed by atoms with E-state index in [4.69, 9.17) is 14.6 Å². The van der Waals surface area contributed by atoms with Crippen LogP contribution in [0.15, 0.2) is 84.9 Å². The van der Waals surface area contributed by atoms with Crippen LogP contribution in [0.3, 0.4) is 0 Å². The molecule has 0 unspecified atom stereocenters. The lowest BCUT2D eigenvalue weighted by molar-refractivity contribution is -0.139. The van der Waals surface area contributed by atoms with Crippen molar-refractivity contribution in [2.24, 2.45) is 0 Å². The number of ether oxygens (including phenoxy) is 2. The highest BCUT2D eigenvalue weighted by atomic mass is 32.1. The van der Waals surface area contributed by atoms with Crippen LogP contribution in [-0.2, 0) is 4.79 Å². The highest BCUT2D eigenvalue weighted by Gasteiger charge is 2.10. The third kappa shape index (κ3) is 7.91. The number of hydrogen-bond acceptors (Lipinski definition) is 5. The SMILES string of the molecule is Cc1ccc(-c2ccc(/C(=C\COc3ccc(OCC(=O)O)c(C)c3)c3ccc(C#CCN4CCCC4)cc3)cc2)s1. The normalized spacial score (nSPS) is 13.4. The molecule has 1 fully saturated rings. The highest BCUT2D eigenvalue weighted by Crippen LogP contribution is 2.31. The largest absolute Gasteiger partial charge is 0.489 e. The second kappa shape index (κ2) is 14.0. The molecule has 1 aliphatic heterocycles. The van der Waals surface area contributed by atoms with Crippen LogP contribution in [0, 0.1) is 25.7 Å². The molecule has 0 aliphatic carbocycles. The molecule has 3 aromatic carbocycles. The number of aliphatic carboxylic acids is 1. The van der Waals surface area contributed by atoms with Crippen LogP contribution in [-0.4, -0.2) is 48.8 Å². The maximum atomic E-state index is 10.8. The Hall–Kier alpha value is -4.31. The van der Waals surface area contributed by atoms with E-state index in [2.05, 4.69) is 90.4 Å². The number of likely N-dealkylation sites (tertiary alicyclic amines) is 1. The van der Waals surface area contributed by atoms with Gasteiger partial charge in [-0.15, -0.1) is 11.3 Å². The molecule has 42 heavy (non-hydrogen) atoms. The van der Waals surface area contributed by atoms with Gasteiger partial charge in [0, 0.05) is 15.3 Å². The second-order valence-corrected chi connectivity index (χ2v) is 11.7. The molecule has 5 rings (SSSR count). The van der Waals surface area contributed by atoms with Crippen LogP contribution in [0.4, 0.5) is 0 Å². The van der Waals surface area contributed by atoms with Crippen molar-refractivity contribution in [1.29, 1.82) is 0 Å². The number of carbonyl (C=O) groups is 1. The number of carboxylic acid groups (broad SMARTS) is 1. The number of rotatable bonds is 10. The summed E-state index contributed by atoms with van der Waals surface area (Å²) in [5.41, 5.74) is 6.32. The van der Waals surface area contributed by atoms with Crippen molar-refractivity contribution >= 4 is 22.9 Å². The average Bonchev–Trinajstić information content (AvgIpc) is 3.67. The maximum absolute atomic E-state index is 10.8. The smallest absolute Gasteiger partial charge is 0.341 e. The molecule has 1 N–H and O–H groups in total. The lowest BCUT2D eigenvalue weighted by Gasteiger charge is -2.12. The quantitative estimate of drug-likeness (QED) is 0.198. The number of thiophene rings is 1. The van der Waals surface area contributed by atoms with Gasteiger partial charge in [-0.25, -0.2) is 4.79 Å². The monoisotopic (exact) mass is 577 g/mol. The first-order valence-electron chi connectivity index (χ1n) is 14.2. The zero-order chi connectivity index (χ0) is 29.3. The van der Waals surface area contributed by atoms with Gasteiger partial charge in [-0.1, -0.05) is 48.2 Å². The van der Waals surface area contributed by atoms with E-state index in [0.717, 1.165) is 47.5 Å². The number of benzene rings is 3. The summed E-state index contributed by atoms with van der Waals surface area (Å²) < 4.78 is 11.4. The van der Waals surface area contributed by atoms with E-state index in [-0.39, 0.29) is 6.61 Å². The fraction of sp³-hybridized carbons (Fsp3) is 0.250. The number of aryl methyl sites for hydroxylation is 2. The van der Waals surface area contributed by atoms with Crippen LogP contribution in [0.5, 0.6) is 11.5 Å². The van der Waals surface area contributed by atoms with Gasteiger partial charge in [0.05, 0.1) is 6.54 Å². The molecule has 0 bridgehead atoms. The summed E-state index contributed by atoms with van der Waals surface area (Å²) >= 11 is 1.80. The van der Waals surface area contributed by atoms with Gasteiger partial charge in [-0.3, -0.25) is 4.90 Å². The van der Waals surface area contributed by atoms with Crippen LogP contribution < -0.4 is 9.47 Å². The predicted octanol–water partition coefficient (Wildman–Crippen LogP) is 7.45. The van der Waals surface area contributed by atoms with Crippen LogP contribution in [0.2, 0.25) is 0 Å². The summed E-state index contributed by atoms with van der Waals surface area (Å²) in [5, 5.41) is 8.88. The third-order valence-electron chi connectivity index (χ3n) is 7.19. The van der Waals surface area contributed by atoms with Gasteiger partial charge >= 0.3 is 5.97 Å². The third-order valence-corrected chi connectivity index (χ3v) is 8.24. The van der Waals surface area contributed by atoms with Gasteiger partial charge in [0.25, 0.3) is 0 Å². The van der Waals surface area contributed by atoms with Crippen LogP contribution in [0.1, 0.15) is 40.0 Å². The summed E-state index contributed by atoms with van der Waals surface area (Å²) in [6.45, 7) is 7.12. The molecule has 0 spiro atoms. The summed E-state index contributed by atoms with van der Waals surface area (Å²) in [7, 11) is 0. The molecule has 0 amide bonds. The molecule has 214 valence electrons. The van der Waals surface area contributed by atoms with Gasteiger partial charge in [-0.05, 0) is 116 Å². The fourth-order valence-electron chi connectivity index (χ4n) is 4.97. The Morgan fingerprint density at radius 1 is 0.929 bits per heavy atom. The van der Waals surface area contributed by atoms with E-state index in [1.54, 1.807) is 23.5 Å². The summed E-state index contributed by atoms with van der Waals surface area (Å²) in [6.07, 6.45) is 4.65. The molecular formula is C36H35NO4S. The molecule has 6 heteroatoms. The Kier molecular flexibility index (Phi) is 9.76. The molecule has 1 saturated heterocycles. The van der Waals surface area contributed by atoms with Crippen molar-refractivity contribution in [3.8, 4) is 33.8 Å². The minimum atomic E-state index is -1.01. The van der Waals surface area contributed by atoms with E-state index < -0.39 is 5.97 Å². The maximum Gasteiger partial charge on any atom is 0.341 e. The Balaban J connectivity index is 1.34. The highest BCUT2D eigenvalue weighted by molar-refractivity contribution is 7.15. The molecule has 0 atom stereocenters. The Bertz CT molecular complexity index is 1600. The van der Waals surface area contributed by atoms with Crippen molar-refractivity contribution in [3.05, 3.63) is 112 Å². The molecule has 1 aromatic heterocycles. The lowest BCUT2D eigenvalue weighted by Crippen LogP contribution is -2.18. The van der Waals surface area contributed by atoms with Crippen LogP contribution >= 0.6 is 11.3 Å². The minimum absolute atomic E-state index is 0.368. The summed E-state index contributed by atoms with van der Waals surface area (Å²) in [5.74, 6) is 6.86. The van der Waals surface area contributed by atoms with E-state index in [0.29, 0.717) is 18.1 Å². The van der Waals surface area contributed by atoms with Crippen molar-refractivity contribution < 1.29 is 19.4 Å². The van der Waals surface area contributed by atoms with Crippen molar-refractivity contribution in [1.82, 2.24) is 4.90 Å². The summed E-state index contributed by atoms with van der Waals surface area (Å²) in [4.78, 5) is 15.8. The van der Waals surface area contributed by atoms with Crippen molar-refractivity contribution in [2.45, 2.75) is 26.7 Å². The molecule has 4 aromatic rings. The van der Waals surface area contributed by atoms with E-state index in [1.807, 2.05) is 13.0 Å². The fourth-order valence-corrected chi connectivity index (χ4v) is 5.84. The molecule has 1 aliphatic rings. The van der Waals surface area contributed by atoms with E-state index in [9.17, 15) is 4.79 Å². The number of hydrogen-bond donors (Lipinski definition) is 1. The Labute approximate surface area is 252 Å². The lowest BCUT2D eigenvalue weighted by atomic mass is 9.95. The molecule has 0 radical (unpaired) electrons. The van der Waals surface area contributed by atoms with Gasteiger partial charge < -0.3 is 14.6 Å². The van der Waals surface area contributed by atoms with Gasteiger partial charge in [0.15, 0.2) is 6.61 Å². The zero-order valence-corrected chi connectivity index (χ0v) is 24.9. The Morgan fingerprint density at radius 2 is 1.64 bits per heavy atom. The number of nitrogens with zero attached hydrogens (tertiary/aromatic N) is 1. The summed E-state index contributed by atoms with van der Waals surface area (Å²) in [6, 6.07) is 26.8. The van der Waals surface area contributed by atoms with Crippen molar-refractivity contribution in [3.63, 3.8) is 0 Å². The Morgan fingerprint density at radius 3 is 2.29 bits per heavy atom. The molecule has 5 nitrogen and oxygen atoms in total. The first kappa shape index (κ1) is 29.2. The first-order chi connectivity index (χ1) is 20.4. The van der Waals surface area contributed by atoms with Crippen LogP contribution in [0.25, 0.3) is 16.0 Å². The topological polar surface area (TPSA) is 59.0 Å². The molecule has 2 heterocycles. The van der Waals surface area contributed by atoms with Crippen molar-refractivity contribution in [2.75, 3.05) is 32.8 Å². The first-order valence-corrected chi connectivity index (χ1v) is 15.0. The molecule has 0 saturated carbocycles. The molecular weight excluding hydrogens is 542 g/mol. The standard InChI is InChI=1S/C36H35NO4S/c1-26-24-32(16-17-34(26)41-25-36(38)39)40-23-19-33(30-12-14-31(15-13-30)35-18-7-27(2)42-35)29-10-8-28(9-11-29)6-5-22-37-20-3-4-21-37/h7-19,24H,3-4,20-23,25H2,1-2H3,(H,38,39)/b33-19-. The average molecular weight is 578 g/mol. The van der Waals surface area contributed by atoms with E-state index >= 15 is 0 Å².